The Labute approximate surface area is 219 Å². The zero-order chi connectivity index (χ0) is 25.6. The summed E-state index contributed by atoms with van der Waals surface area (Å²) in [5.74, 6) is 0.363. The van der Waals surface area contributed by atoms with Crippen molar-refractivity contribution in [1.29, 1.82) is 5.26 Å². The third-order valence-electron chi connectivity index (χ3n) is 5.73. The van der Waals surface area contributed by atoms with Gasteiger partial charge in [0, 0.05) is 16.7 Å². The normalized spacial score (nSPS) is 11.5. The first kappa shape index (κ1) is 24.0. The van der Waals surface area contributed by atoms with Crippen molar-refractivity contribution in [3.63, 3.8) is 0 Å². The van der Waals surface area contributed by atoms with Crippen LogP contribution in [0.5, 0.6) is 0 Å². The SMILES string of the molecule is CC(Sc1cc(-c2ccccc2)ncn1)C(=O)Nc1oc(-c2ccccc2)c(-c2ccccc2)c1C#N. The van der Waals surface area contributed by atoms with Crippen LogP contribution in [0.25, 0.3) is 33.7 Å². The number of benzene rings is 3. The Kier molecular flexibility index (Phi) is 7.11. The monoisotopic (exact) mass is 502 g/mol. The number of rotatable bonds is 7. The molecule has 180 valence electrons. The zero-order valence-corrected chi connectivity index (χ0v) is 20.8. The Morgan fingerprint density at radius 1 is 0.892 bits per heavy atom. The minimum atomic E-state index is -0.504. The minimum absolute atomic E-state index is 0.130. The number of carbonyl (C=O) groups excluding carboxylic acids is 1. The van der Waals surface area contributed by atoms with Crippen LogP contribution in [0.4, 0.5) is 5.88 Å². The third-order valence-corrected chi connectivity index (χ3v) is 6.77. The summed E-state index contributed by atoms with van der Waals surface area (Å²) in [5, 5.41) is 13.1. The molecule has 5 rings (SSSR count). The number of hydrogen-bond donors (Lipinski definition) is 1. The topological polar surface area (TPSA) is 91.8 Å². The summed E-state index contributed by atoms with van der Waals surface area (Å²) in [6.45, 7) is 1.79. The molecule has 1 N–H and O–H groups in total. The Hall–Kier alpha value is -4.67. The molecule has 7 heteroatoms. The number of anilines is 1. The fourth-order valence-electron chi connectivity index (χ4n) is 3.92. The third kappa shape index (κ3) is 5.30. The van der Waals surface area contributed by atoms with Gasteiger partial charge in [0.1, 0.15) is 28.7 Å². The van der Waals surface area contributed by atoms with Gasteiger partial charge in [0.15, 0.2) is 0 Å². The molecule has 37 heavy (non-hydrogen) atoms. The number of aromatic nitrogens is 2. The van der Waals surface area contributed by atoms with Crippen molar-refractivity contribution in [3.8, 4) is 39.8 Å². The van der Waals surface area contributed by atoms with Crippen LogP contribution in [-0.2, 0) is 4.79 Å². The Bertz CT molecular complexity index is 1560. The Balaban J connectivity index is 1.42. The lowest BCUT2D eigenvalue weighted by Gasteiger charge is -2.11. The van der Waals surface area contributed by atoms with E-state index in [9.17, 15) is 10.1 Å². The van der Waals surface area contributed by atoms with Crippen molar-refractivity contribution < 1.29 is 9.21 Å². The molecule has 1 amide bonds. The van der Waals surface area contributed by atoms with E-state index in [1.54, 1.807) is 6.92 Å². The van der Waals surface area contributed by atoms with Crippen LogP contribution in [0.1, 0.15) is 12.5 Å². The van der Waals surface area contributed by atoms with Crippen LogP contribution in [0.2, 0.25) is 0 Å². The summed E-state index contributed by atoms with van der Waals surface area (Å²) in [6.07, 6.45) is 1.49. The number of nitriles is 1. The second-order valence-corrected chi connectivity index (χ2v) is 9.57. The van der Waals surface area contributed by atoms with Gasteiger partial charge in [-0.3, -0.25) is 10.1 Å². The standard InChI is InChI=1S/C30H22N4O2S/c1-20(37-26-17-25(32-19-33-26)21-11-5-2-6-12-21)29(35)34-30-24(18-31)27(22-13-7-3-8-14-22)28(36-30)23-15-9-4-10-16-23/h2-17,19-20H,1H3,(H,34,35). The highest BCUT2D eigenvalue weighted by molar-refractivity contribution is 8.00. The molecule has 1 unspecified atom stereocenters. The molecule has 2 heterocycles. The smallest absolute Gasteiger partial charge is 0.239 e. The molecular formula is C30H22N4O2S. The highest BCUT2D eigenvalue weighted by Gasteiger charge is 2.26. The van der Waals surface area contributed by atoms with Crippen molar-refractivity contribution in [2.45, 2.75) is 17.2 Å². The largest absolute Gasteiger partial charge is 0.438 e. The van der Waals surface area contributed by atoms with E-state index < -0.39 is 5.25 Å². The molecule has 1 atom stereocenters. The van der Waals surface area contributed by atoms with Gasteiger partial charge in [-0.2, -0.15) is 5.26 Å². The van der Waals surface area contributed by atoms with E-state index in [0.717, 1.165) is 22.4 Å². The maximum Gasteiger partial charge on any atom is 0.239 e. The number of carbonyl (C=O) groups is 1. The maximum absolute atomic E-state index is 13.2. The number of nitrogens with one attached hydrogen (secondary N) is 1. The van der Waals surface area contributed by atoms with Crippen molar-refractivity contribution in [2.24, 2.45) is 0 Å². The molecule has 2 aromatic heterocycles. The number of thioether (sulfide) groups is 1. The molecule has 0 aliphatic rings. The summed E-state index contributed by atoms with van der Waals surface area (Å²) in [4.78, 5) is 21.9. The van der Waals surface area contributed by atoms with Gasteiger partial charge in [0.25, 0.3) is 0 Å². The molecular weight excluding hydrogens is 480 g/mol. The lowest BCUT2D eigenvalue weighted by atomic mass is 9.98. The van der Waals surface area contributed by atoms with E-state index in [1.807, 2.05) is 97.1 Å². The van der Waals surface area contributed by atoms with Gasteiger partial charge in [0.2, 0.25) is 11.8 Å². The van der Waals surface area contributed by atoms with Crippen LogP contribution in [0, 0.1) is 11.3 Å². The van der Waals surface area contributed by atoms with Gasteiger partial charge >= 0.3 is 0 Å². The Morgan fingerprint density at radius 3 is 2.11 bits per heavy atom. The quantitative estimate of drug-likeness (QED) is 0.189. The van der Waals surface area contributed by atoms with Crippen LogP contribution >= 0.6 is 11.8 Å². The molecule has 0 fully saturated rings. The van der Waals surface area contributed by atoms with E-state index in [0.29, 0.717) is 16.3 Å². The molecule has 3 aromatic carbocycles. The lowest BCUT2D eigenvalue weighted by molar-refractivity contribution is -0.115. The molecule has 5 aromatic rings. The second kappa shape index (κ2) is 10.9. The first-order chi connectivity index (χ1) is 18.1. The lowest BCUT2D eigenvalue weighted by Crippen LogP contribution is -2.22. The number of furan rings is 1. The van der Waals surface area contributed by atoms with Crippen LogP contribution in [-0.4, -0.2) is 21.1 Å². The molecule has 0 saturated heterocycles. The molecule has 0 saturated carbocycles. The van der Waals surface area contributed by atoms with Gasteiger partial charge in [-0.15, -0.1) is 0 Å². The van der Waals surface area contributed by atoms with Crippen molar-refractivity contribution in [3.05, 3.63) is 109 Å². The average molecular weight is 503 g/mol. The highest BCUT2D eigenvalue weighted by atomic mass is 32.2. The minimum Gasteiger partial charge on any atom is -0.438 e. The number of hydrogen-bond acceptors (Lipinski definition) is 6. The van der Waals surface area contributed by atoms with Crippen LogP contribution in [0.3, 0.4) is 0 Å². The van der Waals surface area contributed by atoms with Gasteiger partial charge in [-0.05, 0) is 18.6 Å². The summed E-state index contributed by atoms with van der Waals surface area (Å²) in [5.41, 5.74) is 4.33. The van der Waals surface area contributed by atoms with E-state index in [-0.39, 0.29) is 17.4 Å². The molecule has 0 radical (unpaired) electrons. The molecule has 6 nitrogen and oxygen atoms in total. The second-order valence-electron chi connectivity index (χ2n) is 8.21. The molecule has 0 aliphatic carbocycles. The summed E-state index contributed by atoms with van der Waals surface area (Å²) in [6, 6.07) is 33.0. The first-order valence-corrected chi connectivity index (χ1v) is 12.5. The van der Waals surface area contributed by atoms with E-state index in [1.165, 1.54) is 18.1 Å². The summed E-state index contributed by atoms with van der Waals surface area (Å²) in [7, 11) is 0. The predicted octanol–water partition coefficient (Wildman–Crippen LogP) is 7.06. The predicted molar refractivity (Wildman–Crippen MR) is 146 cm³/mol. The fourth-order valence-corrected chi connectivity index (χ4v) is 4.73. The van der Waals surface area contributed by atoms with Crippen molar-refractivity contribution in [2.75, 3.05) is 5.32 Å². The Morgan fingerprint density at radius 2 is 1.49 bits per heavy atom. The molecule has 0 bridgehead atoms. The summed E-state index contributed by atoms with van der Waals surface area (Å²) < 4.78 is 6.14. The van der Waals surface area contributed by atoms with E-state index in [4.69, 9.17) is 4.42 Å². The van der Waals surface area contributed by atoms with Crippen molar-refractivity contribution >= 4 is 23.6 Å². The maximum atomic E-state index is 13.2. The van der Waals surface area contributed by atoms with E-state index in [2.05, 4.69) is 21.4 Å². The van der Waals surface area contributed by atoms with Crippen molar-refractivity contribution in [1.82, 2.24) is 9.97 Å². The van der Waals surface area contributed by atoms with Gasteiger partial charge in [-0.1, -0.05) is 103 Å². The number of amides is 1. The van der Waals surface area contributed by atoms with Gasteiger partial charge in [-0.25, -0.2) is 9.97 Å². The molecule has 0 spiro atoms. The van der Waals surface area contributed by atoms with E-state index >= 15 is 0 Å². The summed E-state index contributed by atoms with van der Waals surface area (Å²) >= 11 is 1.31. The molecule has 0 aliphatic heterocycles. The number of nitrogens with zero attached hydrogens (tertiary/aromatic N) is 3. The van der Waals surface area contributed by atoms with Gasteiger partial charge < -0.3 is 4.42 Å². The first-order valence-electron chi connectivity index (χ1n) is 11.7. The fraction of sp³-hybridized carbons (Fsp3) is 0.0667. The van der Waals surface area contributed by atoms with Crippen LogP contribution in [0.15, 0.2) is 113 Å². The van der Waals surface area contributed by atoms with Crippen LogP contribution < -0.4 is 5.32 Å². The van der Waals surface area contributed by atoms with Gasteiger partial charge in [0.05, 0.1) is 10.9 Å². The average Bonchev–Trinajstić information content (AvgIpc) is 3.32. The highest BCUT2D eigenvalue weighted by Crippen LogP contribution is 2.41. The zero-order valence-electron chi connectivity index (χ0n) is 20.0.